The fraction of sp³-hybridized carbons (Fsp3) is 0. The standard InChI is InChI=1S/C12H8.2H3O2P/c1-2-6-10-9(5-1)11-7-3-4-8-12(10)11;2*1-3-2/h1-8H;2*3H2,(H,1,2). The van der Waals surface area contributed by atoms with Crippen LogP contribution < -0.4 is 0 Å². The molecule has 0 saturated heterocycles. The number of benzene rings is 2. The smallest absolute Gasteiger partial charge is 0.177 e. The van der Waals surface area contributed by atoms with Crippen molar-refractivity contribution in [2.75, 3.05) is 0 Å². The maximum atomic E-state index is 8.57. The van der Waals surface area contributed by atoms with Crippen LogP contribution in [0.5, 0.6) is 0 Å². The van der Waals surface area contributed by atoms with Crippen molar-refractivity contribution in [3.63, 3.8) is 0 Å². The summed E-state index contributed by atoms with van der Waals surface area (Å²) in [5, 5.41) is 0. The molecule has 18 heavy (non-hydrogen) atoms. The molecule has 2 atom stereocenters. The zero-order valence-corrected chi connectivity index (χ0v) is 11.8. The molecule has 0 fully saturated rings. The van der Waals surface area contributed by atoms with Gasteiger partial charge in [0.1, 0.15) is 0 Å². The van der Waals surface area contributed by atoms with Crippen LogP contribution in [0.2, 0.25) is 0 Å². The highest BCUT2D eigenvalue weighted by Gasteiger charge is 2.19. The van der Waals surface area contributed by atoms with Gasteiger partial charge >= 0.3 is 0 Å². The average Bonchev–Trinajstić information content (AvgIpc) is 2.38. The highest BCUT2D eigenvalue weighted by molar-refractivity contribution is 7.16. The van der Waals surface area contributed by atoms with E-state index in [2.05, 4.69) is 48.5 Å². The number of rotatable bonds is 0. The predicted molar refractivity (Wildman–Crippen MR) is 76.1 cm³/mol. The summed E-state index contributed by atoms with van der Waals surface area (Å²) in [5.41, 5.74) is 5.59. The van der Waals surface area contributed by atoms with Crippen LogP contribution in [0.1, 0.15) is 0 Å². The minimum absolute atomic E-state index is 1.40. The van der Waals surface area contributed by atoms with Gasteiger partial charge < -0.3 is 9.79 Å². The van der Waals surface area contributed by atoms with Gasteiger partial charge in [0.25, 0.3) is 0 Å². The molecule has 4 nitrogen and oxygen atoms in total. The summed E-state index contributed by atoms with van der Waals surface area (Å²) in [6.45, 7) is 0. The van der Waals surface area contributed by atoms with Gasteiger partial charge in [0.15, 0.2) is 17.4 Å². The van der Waals surface area contributed by atoms with Crippen molar-refractivity contribution in [3.8, 4) is 22.3 Å². The van der Waals surface area contributed by atoms with Crippen LogP contribution in [0.3, 0.4) is 0 Å². The largest absolute Gasteiger partial charge is 0.348 e. The van der Waals surface area contributed by atoms with Crippen molar-refractivity contribution >= 4 is 17.4 Å². The van der Waals surface area contributed by atoms with E-state index in [1.165, 1.54) is 22.3 Å². The van der Waals surface area contributed by atoms with Crippen molar-refractivity contribution < 1.29 is 18.9 Å². The fourth-order valence-corrected chi connectivity index (χ4v) is 1.84. The Labute approximate surface area is 107 Å². The molecule has 0 saturated carbocycles. The first-order valence-electron chi connectivity index (χ1n) is 5.14. The van der Waals surface area contributed by atoms with Gasteiger partial charge in [0, 0.05) is 0 Å². The first-order chi connectivity index (χ1) is 8.79. The molecule has 0 heterocycles. The SMILES string of the molecule is O=[PH2]O.O=[PH2]O.c1ccc2c(c1)-c1ccccc1-2. The van der Waals surface area contributed by atoms with E-state index in [0.717, 1.165) is 0 Å². The average molecular weight is 284 g/mol. The Morgan fingerprint density at radius 3 is 0.944 bits per heavy atom. The molecule has 2 aromatic carbocycles. The van der Waals surface area contributed by atoms with Crippen LogP contribution in [0.4, 0.5) is 0 Å². The van der Waals surface area contributed by atoms with Crippen molar-refractivity contribution in [2.24, 2.45) is 0 Å². The lowest BCUT2D eigenvalue weighted by Gasteiger charge is -2.22. The Bertz CT molecular complexity index is 437. The summed E-state index contributed by atoms with van der Waals surface area (Å²) in [4.78, 5) is 14.2. The molecule has 96 valence electrons. The van der Waals surface area contributed by atoms with Crippen LogP contribution >= 0.6 is 17.4 Å². The maximum absolute atomic E-state index is 8.57. The lowest BCUT2D eigenvalue weighted by Crippen LogP contribution is -1.96. The Hall–Kier alpha value is -1.18. The van der Waals surface area contributed by atoms with Crippen LogP contribution in [-0.2, 0) is 9.13 Å². The van der Waals surface area contributed by atoms with Crippen LogP contribution in [0, 0.1) is 0 Å². The van der Waals surface area contributed by atoms with E-state index in [0.29, 0.717) is 0 Å². The Kier molecular flexibility index (Phi) is 6.63. The second-order valence-corrected chi connectivity index (χ2v) is 3.72. The Balaban J connectivity index is 0.000000234. The van der Waals surface area contributed by atoms with E-state index in [4.69, 9.17) is 18.9 Å². The molecule has 0 spiro atoms. The molecule has 0 aromatic heterocycles. The second-order valence-electron chi connectivity index (χ2n) is 3.30. The highest BCUT2D eigenvalue weighted by Crippen LogP contribution is 2.46. The third-order valence-corrected chi connectivity index (χ3v) is 2.43. The summed E-state index contributed by atoms with van der Waals surface area (Å²) in [5.74, 6) is 0. The van der Waals surface area contributed by atoms with Crippen LogP contribution in [-0.4, -0.2) is 9.79 Å². The van der Waals surface area contributed by atoms with E-state index in [1.54, 1.807) is 0 Å². The van der Waals surface area contributed by atoms with Gasteiger partial charge in [-0.2, -0.15) is 0 Å². The summed E-state index contributed by atoms with van der Waals surface area (Å²) < 4.78 is 17.1. The van der Waals surface area contributed by atoms with Crippen molar-refractivity contribution in [1.29, 1.82) is 0 Å². The number of hydrogen-bond acceptors (Lipinski definition) is 2. The van der Waals surface area contributed by atoms with Crippen LogP contribution in [0.25, 0.3) is 22.3 Å². The molecule has 0 amide bonds. The molecule has 2 aromatic rings. The van der Waals surface area contributed by atoms with Crippen LogP contribution in [0.15, 0.2) is 48.5 Å². The molecule has 1 aliphatic rings. The zero-order chi connectivity index (χ0) is 13.4. The summed E-state index contributed by atoms with van der Waals surface area (Å²) >= 11 is 0. The Morgan fingerprint density at radius 2 is 0.778 bits per heavy atom. The lowest BCUT2D eigenvalue weighted by molar-refractivity contribution is 0.523. The van der Waals surface area contributed by atoms with E-state index >= 15 is 0 Å². The topological polar surface area (TPSA) is 74.6 Å². The van der Waals surface area contributed by atoms with Gasteiger partial charge in [-0.3, -0.25) is 9.13 Å². The van der Waals surface area contributed by atoms with E-state index in [-0.39, 0.29) is 0 Å². The predicted octanol–water partition coefficient (Wildman–Crippen LogP) is 2.63. The molecular formula is C12H14O4P2. The van der Waals surface area contributed by atoms with Gasteiger partial charge in [-0.1, -0.05) is 48.5 Å². The van der Waals surface area contributed by atoms with Gasteiger partial charge in [-0.05, 0) is 22.3 Å². The molecule has 2 unspecified atom stereocenters. The first kappa shape index (κ1) is 14.9. The fourth-order valence-electron chi connectivity index (χ4n) is 1.84. The molecule has 3 rings (SSSR count). The van der Waals surface area contributed by atoms with Crippen molar-refractivity contribution in [3.05, 3.63) is 48.5 Å². The van der Waals surface area contributed by atoms with Gasteiger partial charge in [0.2, 0.25) is 0 Å². The minimum atomic E-state index is -1.50. The normalized spacial score (nSPS) is 10.8. The quantitative estimate of drug-likeness (QED) is 0.622. The first-order valence-corrected chi connectivity index (χ1v) is 7.12. The van der Waals surface area contributed by atoms with E-state index < -0.39 is 17.4 Å². The zero-order valence-electron chi connectivity index (χ0n) is 9.48. The molecule has 0 radical (unpaired) electrons. The van der Waals surface area contributed by atoms with Crippen molar-refractivity contribution in [1.82, 2.24) is 0 Å². The van der Waals surface area contributed by atoms with Gasteiger partial charge in [-0.25, -0.2) is 0 Å². The highest BCUT2D eigenvalue weighted by atomic mass is 31.1. The van der Waals surface area contributed by atoms with Gasteiger partial charge in [0.05, 0.1) is 0 Å². The molecular weight excluding hydrogens is 270 g/mol. The van der Waals surface area contributed by atoms with E-state index in [1.807, 2.05) is 0 Å². The number of fused-ring (bicyclic) bond motifs is 4. The molecule has 2 N–H and O–H groups in total. The Morgan fingerprint density at radius 1 is 0.611 bits per heavy atom. The van der Waals surface area contributed by atoms with E-state index in [9.17, 15) is 0 Å². The monoisotopic (exact) mass is 284 g/mol. The lowest BCUT2D eigenvalue weighted by atomic mass is 9.81. The minimum Gasteiger partial charge on any atom is -0.348 e. The molecule has 0 bridgehead atoms. The summed E-state index contributed by atoms with van der Waals surface area (Å²) in [7, 11) is -3.00. The third-order valence-electron chi connectivity index (χ3n) is 2.43. The molecule has 6 heteroatoms. The maximum Gasteiger partial charge on any atom is 0.177 e. The second kappa shape index (κ2) is 8.02. The summed E-state index contributed by atoms with van der Waals surface area (Å²) in [6.07, 6.45) is 0. The molecule has 1 aliphatic carbocycles. The number of hydrogen-bond donors (Lipinski definition) is 2. The molecule has 0 aliphatic heterocycles. The van der Waals surface area contributed by atoms with Crippen molar-refractivity contribution in [2.45, 2.75) is 0 Å². The third kappa shape index (κ3) is 3.41. The van der Waals surface area contributed by atoms with Gasteiger partial charge in [-0.15, -0.1) is 0 Å². The summed E-state index contributed by atoms with van der Waals surface area (Å²) in [6, 6.07) is 17.1.